The molecule has 1 fully saturated rings. The topological polar surface area (TPSA) is 39.1 Å². The van der Waals surface area contributed by atoms with Crippen molar-refractivity contribution in [3.63, 3.8) is 0 Å². The van der Waals surface area contributed by atoms with Gasteiger partial charge in [-0.1, -0.05) is 25.1 Å². The molecule has 0 aliphatic heterocycles. The third kappa shape index (κ3) is 2.97. The molecular formula is C17H25N3O. The Kier molecular flexibility index (Phi) is 4.27. The number of likely N-dealkylation sites (N-methyl/N-ethyl adjacent to an activating group) is 1. The van der Waals surface area contributed by atoms with Crippen LogP contribution in [0, 0.1) is 5.92 Å². The molecule has 114 valence electrons. The standard InChI is InChI=1S/C17H25N3O/c1-4-18-15(17(21-3)12-9-10-12)11-14-13-7-5-6-8-16(13)20(2)19-14/h5-8,12,15,17-18H,4,9-11H2,1-3H3. The van der Waals surface area contributed by atoms with E-state index in [2.05, 4.69) is 36.5 Å². The molecule has 1 saturated carbocycles. The fourth-order valence-electron chi connectivity index (χ4n) is 3.32. The molecule has 0 amide bonds. The highest BCUT2D eigenvalue weighted by molar-refractivity contribution is 5.81. The molecule has 1 aliphatic rings. The lowest BCUT2D eigenvalue weighted by molar-refractivity contribution is 0.0513. The largest absolute Gasteiger partial charge is 0.380 e. The van der Waals surface area contributed by atoms with Crippen molar-refractivity contribution in [2.45, 2.75) is 38.3 Å². The van der Waals surface area contributed by atoms with Crippen molar-refractivity contribution in [2.75, 3.05) is 13.7 Å². The smallest absolute Gasteiger partial charge is 0.0756 e. The molecule has 4 nitrogen and oxygen atoms in total. The first kappa shape index (κ1) is 14.5. The van der Waals surface area contributed by atoms with Crippen molar-refractivity contribution in [1.82, 2.24) is 15.1 Å². The van der Waals surface area contributed by atoms with Crippen molar-refractivity contribution < 1.29 is 4.74 Å². The highest BCUT2D eigenvalue weighted by Gasteiger charge is 2.37. The van der Waals surface area contributed by atoms with Crippen LogP contribution in [0.1, 0.15) is 25.5 Å². The summed E-state index contributed by atoms with van der Waals surface area (Å²) in [7, 11) is 3.85. The third-order valence-electron chi connectivity index (χ3n) is 4.47. The van der Waals surface area contributed by atoms with E-state index in [1.807, 2.05) is 18.8 Å². The lowest BCUT2D eigenvalue weighted by atomic mass is 9.99. The number of aryl methyl sites for hydroxylation is 1. The molecule has 4 heteroatoms. The van der Waals surface area contributed by atoms with Crippen LogP contribution in [0.15, 0.2) is 24.3 Å². The number of methoxy groups -OCH3 is 1. The predicted octanol–water partition coefficient (Wildman–Crippen LogP) is 2.52. The third-order valence-corrected chi connectivity index (χ3v) is 4.47. The monoisotopic (exact) mass is 287 g/mol. The molecular weight excluding hydrogens is 262 g/mol. The Labute approximate surface area is 126 Å². The van der Waals surface area contributed by atoms with Crippen LogP contribution in [0.3, 0.4) is 0 Å². The molecule has 2 atom stereocenters. The zero-order valence-electron chi connectivity index (χ0n) is 13.2. The lowest BCUT2D eigenvalue weighted by Gasteiger charge is -2.26. The first-order chi connectivity index (χ1) is 10.2. The van der Waals surface area contributed by atoms with E-state index in [1.165, 1.54) is 29.4 Å². The average Bonchev–Trinajstić information content (AvgIpc) is 3.27. The molecule has 1 aliphatic carbocycles. The van der Waals surface area contributed by atoms with Crippen LogP contribution in [-0.4, -0.2) is 35.6 Å². The summed E-state index contributed by atoms with van der Waals surface area (Å²) >= 11 is 0. The van der Waals surface area contributed by atoms with Crippen LogP contribution in [0.25, 0.3) is 10.9 Å². The summed E-state index contributed by atoms with van der Waals surface area (Å²) in [5.74, 6) is 0.717. The minimum atomic E-state index is 0.297. The van der Waals surface area contributed by atoms with Gasteiger partial charge in [-0.15, -0.1) is 0 Å². The van der Waals surface area contributed by atoms with Crippen LogP contribution in [-0.2, 0) is 18.2 Å². The molecule has 2 unspecified atom stereocenters. The Hall–Kier alpha value is -1.39. The number of nitrogens with zero attached hydrogens (tertiary/aromatic N) is 2. The van der Waals surface area contributed by atoms with E-state index in [0.717, 1.165) is 13.0 Å². The first-order valence-electron chi connectivity index (χ1n) is 7.91. The van der Waals surface area contributed by atoms with E-state index >= 15 is 0 Å². The Morgan fingerprint density at radius 1 is 1.38 bits per heavy atom. The maximum absolute atomic E-state index is 5.78. The van der Waals surface area contributed by atoms with E-state index in [9.17, 15) is 0 Å². The highest BCUT2D eigenvalue weighted by Crippen LogP contribution is 2.36. The lowest BCUT2D eigenvalue weighted by Crippen LogP contribution is -2.43. The second-order valence-corrected chi connectivity index (χ2v) is 5.99. The minimum Gasteiger partial charge on any atom is -0.380 e. The van der Waals surface area contributed by atoms with Crippen LogP contribution in [0.4, 0.5) is 0 Å². The summed E-state index contributed by atoms with van der Waals surface area (Å²) in [4.78, 5) is 0. The van der Waals surface area contributed by atoms with Crippen molar-refractivity contribution in [3.8, 4) is 0 Å². The van der Waals surface area contributed by atoms with Gasteiger partial charge < -0.3 is 10.1 Å². The maximum atomic E-state index is 5.78. The van der Waals surface area contributed by atoms with E-state index in [-0.39, 0.29) is 0 Å². The molecule has 21 heavy (non-hydrogen) atoms. The summed E-state index contributed by atoms with van der Waals surface area (Å²) in [6.07, 6.45) is 3.81. The summed E-state index contributed by atoms with van der Waals surface area (Å²) in [6, 6.07) is 8.79. The second-order valence-electron chi connectivity index (χ2n) is 5.99. The van der Waals surface area contributed by atoms with Gasteiger partial charge >= 0.3 is 0 Å². The number of ether oxygens (including phenoxy) is 1. The summed E-state index contributed by atoms with van der Waals surface area (Å²) in [6.45, 7) is 3.12. The molecule has 1 aromatic carbocycles. The fraction of sp³-hybridized carbons (Fsp3) is 0.588. The quantitative estimate of drug-likeness (QED) is 0.850. The molecule has 0 radical (unpaired) electrons. The Balaban J connectivity index is 1.86. The van der Waals surface area contributed by atoms with Gasteiger partial charge in [-0.3, -0.25) is 4.68 Å². The van der Waals surface area contributed by atoms with Crippen LogP contribution in [0.5, 0.6) is 0 Å². The van der Waals surface area contributed by atoms with E-state index in [0.29, 0.717) is 18.1 Å². The number of hydrogen-bond acceptors (Lipinski definition) is 3. The molecule has 3 rings (SSSR count). The van der Waals surface area contributed by atoms with E-state index in [1.54, 1.807) is 0 Å². The minimum absolute atomic E-state index is 0.297. The number of nitrogens with one attached hydrogen (secondary N) is 1. The van der Waals surface area contributed by atoms with Crippen molar-refractivity contribution in [1.29, 1.82) is 0 Å². The maximum Gasteiger partial charge on any atom is 0.0756 e. The number of fused-ring (bicyclic) bond motifs is 1. The fourth-order valence-corrected chi connectivity index (χ4v) is 3.32. The van der Waals surface area contributed by atoms with Crippen LogP contribution in [0.2, 0.25) is 0 Å². The van der Waals surface area contributed by atoms with Gasteiger partial charge in [0.05, 0.1) is 17.3 Å². The van der Waals surface area contributed by atoms with E-state index < -0.39 is 0 Å². The number of para-hydroxylation sites is 1. The highest BCUT2D eigenvalue weighted by atomic mass is 16.5. The summed E-state index contributed by atoms with van der Waals surface area (Å²) in [5.41, 5.74) is 2.37. The van der Waals surface area contributed by atoms with Gasteiger partial charge in [0.15, 0.2) is 0 Å². The molecule has 1 N–H and O–H groups in total. The zero-order chi connectivity index (χ0) is 14.8. The van der Waals surface area contributed by atoms with Crippen molar-refractivity contribution in [2.24, 2.45) is 13.0 Å². The molecule has 1 aromatic heterocycles. The van der Waals surface area contributed by atoms with Gasteiger partial charge in [-0.05, 0) is 31.4 Å². The number of rotatable bonds is 7. The average molecular weight is 287 g/mol. The predicted molar refractivity (Wildman–Crippen MR) is 85.4 cm³/mol. The van der Waals surface area contributed by atoms with Gasteiger partial charge in [0.25, 0.3) is 0 Å². The van der Waals surface area contributed by atoms with Crippen molar-refractivity contribution >= 4 is 10.9 Å². The number of aromatic nitrogens is 2. The Bertz CT molecular complexity index is 603. The summed E-state index contributed by atoms with van der Waals surface area (Å²) < 4.78 is 7.76. The number of benzene rings is 1. The molecule has 0 saturated heterocycles. The van der Waals surface area contributed by atoms with Gasteiger partial charge in [0, 0.05) is 32.0 Å². The summed E-state index contributed by atoms with van der Waals surface area (Å²) in [5, 5.41) is 9.59. The van der Waals surface area contributed by atoms with E-state index in [4.69, 9.17) is 9.84 Å². The normalized spacial score (nSPS) is 18.0. The molecule has 0 bridgehead atoms. The first-order valence-corrected chi connectivity index (χ1v) is 7.91. The van der Waals surface area contributed by atoms with Gasteiger partial charge in [0.2, 0.25) is 0 Å². The Morgan fingerprint density at radius 3 is 2.81 bits per heavy atom. The van der Waals surface area contributed by atoms with Crippen LogP contribution >= 0.6 is 0 Å². The molecule has 0 spiro atoms. The Morgan fingerprint density at radius 2 is 2.14 bits per heavy atom. The van der Waals surface area contributed by atoms with Gasteiger partial charge in [-0.25, -0.2) is 0 Å². The van der Waals surface area contributed by atoms with Gasteiger partial charge in [0.1, 0.15) is 0 Å². The molecule has 2 aromatic rings. The zero-order valence-corrected chi connectivity index (χ0v) is 13.2. The second kappa shape index (κ2) is 6.16. The van der Waals surface area contributed by atoms with Crippen molar-refractivity contribution in [3.05, 3.63) is 30.0 Å². The molecule has 1 heterocycles. The SMILES string of the molecule is CCNC(Cc1nn(C)c2ccccc12)C(OC)C1CC1. The van der Waals surface area contributed by atoms with Gasteiger partial charge in [-0.2, -0.15) is 5.10 Å². The number of hydrogen-bond donors (Lipinski definition) is 1. The van der Waals surface area contributed by atoms with Crippen LogP contribution < -0.4 is 5.32 Å².